The average Bonchev–Trinajstić information content (AvgIpc) is 2.76. The van der Waals surface area contributed by atoms with E-state index in [-0.39, 0.29) is 5.56 Å². The first-order valence-electron chi connectivity index (χ1n) is 10.9. The Balaban J connectivity index is 1.48. The summed E-state index contributed by atoms with van der Waals surface area (Å²) in [7, 11) is 0. The van der Waals surface area contributed by atoms with Crippen LogP contribution < -0.4 is 19.9 Å². The van der Waals surface area contributed by atoms with Crippen LogP contribution in [0.15, 0.2) is 47.4 Å². The summed E-state index contributed by atoms with van der Waals surface area (Å²) in [6.45, 7) is 5.49. The van der Waals surface area contributed by atoms with Gasteiger partial charge in [0.1, 0.15) is 18.9 Å². The smallest absolute Gasteiger partial charge is 0.258 e. The summed E-state index contributed by atoms with van der Waals surface area (Å²) in [5.41, 5.74) is 3.15. The van der Waals surface area contributed by atoms with Crippen molar-refractivity contribution in [3.8, 4) is 22.8 Å². The molecule has 0 saturated carbocycles. The lowest BCUT2D eigenvalue weighted by Crippen LogP contribution is -2.29. The third-order valence-corrected chi connectivity index (χ3v) is 6.11. The molecule has 1 atom stereocenters. The third kappa shape index (κ3) is 3.74. The molecule has 1 aromatic carbocycles. The summed E-state index contributed by atoms with van der Waals surface area (Å²) >= 11 is 0. The van der Waals surface area contributed by atoms with Crippen LogP contribution in [0.25, 0.3) is 16.9 Å². The highest BCUT2D eigenvalue weighted by Gasteiger charge is 2.16. The first-order chi connectivity index (χ1) is 14.7. The summed E-state index contributed by atoms with van der Waals surface area (Å²) in [5, 5.41) is 0. The number of fused-ring (bicyclic) bond motifs is 2. The van der Waals surface area contributed by atoms with Crippen molar-refractivity contribution in [3.05, 3.63) is 52.9 Å². The van der Waals surface area contributed by atoms with E-state index in [9.17, 15) is 4.79 Å². The molecule has 6 nitrogen and oxygen atoms in total. The number of hydrogen-bond acceptors (Lipinski definition) is 5. The first-order valence-corrected chi connectivity index (χ1v) is 10.9. The van der Waals surface area contributed by atoms with Gasteiger partial charge in [-0.1, -0.05) is 19.8 Å². The lowest BCUT2D eigenvalue weighted by molar-refractivity contribution is 0.171. The van der Waals surface area contributed by atoms with Gasteiger partial charge in [0.2, 0.25) is 0 Å². The van der Waals surface area contributed by atoms with E-state index >= 15 is 0 Å². The minimum Gasteiger partial charge on any atom is -0.486 e. The molecule has 1 fully saturated rings. The van der Waals surface area contributed by atoms with Crippen molar-refractivity contribution >= 4 is 11.3 Å². The Morgan fingerprint density at radius 1 is 0.967 bits per heavy atom. The van der Waals surface area contributed by atoms with E-state index in [0.717, 1.165) is 36.0 Å². The maximum atomic E-state index is 12.9. The van der Waals surface area contributed by atoms with Crippen LogP contribution in [0.5, 0.6) is 11.5 Å². The zero-order valence-electron chi connectivity index (χ0n) is 17.3. The molecule has 5 rings (SSSR count). The van der Waals surface area contributed by atoms with E-state index in [0.29, 0.717) is 30.3 Å². The van der Waals surface area contributed by atoms with Crippen molar-refractivity contribution < 1.29 is 9.47 Å². The molecule has 0 N–H and O–H groups in total. The average molecular weight is 405 g/mol. The van der Waals surface area contributed by atoms with Crippen molar-refractivity contribution in [2.24, 2.45) is 5.92 Å². The molecule has 1 unspecified atom stereocenters. The van der Waals surface area contributed by atoms with Crippen LogP contribution >= 0.6 is 0 Å². The molecule has 2 aliphatic heterocycles. The Morgan fingerprint density at radius 3 is 2.73 bits per heavy atom. The van der Waals surface area contributed by atoms with Gasteiger partial charge in [-0.15, -0.1) is 0 Å². The summed E-state index contributed by atoms with van der Waals surface area (Å²) in [6.07, 6.45) is 6.90. The van der Waals surface area contributed by atoms with Crippen LogP contribution in [-0.2, 0) is 0 Å². The normalized spacial score (nSPS) is 19.4. The quantitative estimate of drug-likeness (QED) is 0.641. The Bertz CT molecular complexity index is 1120. The van der Waals surface area contributed by atoms with Gasteiger partial charge in [0.05, 0.1) is 11.4 Å². The third-order valence-electron chi connectivity index (χ3n) is 6.11. The Labute approximate surface area is 176 Å². The summed E-state index contributed by atoms with van der Waals surface area (Å²) in [5.74, 6) is 2.18. The maximum absolute atomic E-state index is 12.9. The highest BCUT2D eigenvalue weighted by atomic mass is 16.6. The molecule has 30 heavy (non-hydrogen) atoms. The van der Waals surface area contributed by atoms with Gasteiger partial charge in [-0.05, 0) is 49.1 Å². The molecule has 4 heterocycles. The molecule has 156 valence electrons. The van der Waals surface area contributed by atoms with Crippen molar-refractivity contribution in [1.29, 1.82) is 0 Å². The van der Waals surface area contributed by atoms with E-state index in [1.165, 1.54) is 25.7 Å². The van der Waals surface area contributed by atoms with Crippen LogP contribution in [0.2, 0.25) is 0 Å². The molecule has 0 radical (unpaired) electrons. The van der Waals surface area contributed by atoms with Gasteiger partial charge in [0.15, 0.2) is 11.5 Å². The zero-order valence-corrected chi connectivity index (χ0v) is 17.3. The molecular formula is C24H27N3O3. The topological polar surface area (TPSA) is 56.1 Å². The van der Waals surface area contributed by atoms with Gasteiger partial charge in [0, 0.05) is 30.9 Å². The van der Waals surface area contributed by atoms with E-state index in [4.69, 9.17) is 14.5 Å². The van der Waals surface area contributed by atoms with E-state index in [1.807, 2.05) is 30.5 Å². The van der Waals surface area contributed by atoms with Crippen LogP contribution in [0.4, 0.5) is 5.69 Å². The van der Waals surface area contributed by atoms with Crippen molar-refractivity contribution in [2.75, 3.05) is 31.2 Å². The summed E-state index contributed by atoms with van der Waals surface area (Å²) < 4.78 is 12.9. The second-order valence-corrected chi connectivity index (χ2v) is 8.33. The van der Waals surface area contributed by atoms with Gasteiger partial charge < -0.3 is 14.4 Å². The van der Waals surface area contributed by atoms with E-state index in [2.05, 4.69) is 17.9 Å². The van der Waals surface area contributed by atoms with Gasteiger partial charge in [-0.3, -0.25) is 9.20 Å². The first kappa shape index (κ1) is 19.0. The van der Waals surface area contributed by atoms with Crippen LogP contribution in [0.3, 0.4) is 0 Å². The predicted octanol–water partition coefficient (Wildman–Crippen LogP) is 4.15. The molecule has 2 aromatic heterocycles. The molecule has 1 saturated heterocycles. The minimum absolute atomic E-state index is 0.0767. The van der Waals surface area contributed by atoms with Crippen molar-refractivity contribution in [3.63, 3.8) is 0 Å². The van der Waals surface area contributed by atoms with Gasteiger partial charge in [-0.2, -0.15) is 0 Å². The zero-order chi connectivity index (χ0) is 20.5. The molecule has 3 aromatic rings. The molecule has 0 amide bonds. The number of pyridine rings is 1. The van der Waals surface area contributed by atoms with Crippen molar-refractivity contribution in [2.45, 2.75) is 32.6 Å². The fourth-order valence-corrected chi connectivity index (χ4v) is 4.32. The number of nitrogens with zero attached hydrogens (tertiary/aromatic N) is 3. The molecule has 0 aliphatic carbocycles. The molecule has 0 spiro atoms. The van der Waals surface area contributed by atoms with Crippen LogP contribution in [-0.4, -0.2) is 35.7 Å². The standard InChI is InChI=1S/C24H27N3O3/c1-17-4-2-3-10-26(11-9-17)19-6-8-23-25-20(15-24(28)27(23)16-19)18-5-7-21-22(14-18)30-13-12-29-21/h5-8,14-17H,2-4,9-13H2,1H3. The number of aromatic nitrogens is 2. The second-order valence-electron chi connectivity index (χ2n) is 8.33. The minimum atomic E-state index is -0.0767. The molecular weight excluding hydrogens is 378 g/mol. The highest BCUT2D eigenvalue weighted by Crippen LogP contribution is 2.34. The second kappa shape index (κ2) is 8.01. The maximum Gasteiger partial charge on any atom is 0.258 e. The van der Waals surface area contributed by atoms with Crippen LogP contribution in [0, 0.1) is 5.92 Å². The monoisotopic (exact) mass is 405 g/mol. The number of hydrogen-bond donors (Lipinski definition) is 0. The van der Waals surface area contributed by atoms with Gasteiger partial charge in [-0.25, -0.2) is 4.98 Å². The number of ether oxygens (including phenoxy) is 2. The number of anilines is 1. The fraction of sp³-hybridized carbons (Fsp3) is 0.417. The summed E-state index contributed by atoms with van der Waals surface area (Å²) in [6, 6.07) is 11.3. The van der Waals surface area contributed by atoms with Crippen LogP contribution in [0.1, 0.15) is 32.6 Å². The van der Waals surface area contributed by atoms with Gasteiger partial charge >= 0.3 is 0 Å². The highest BCUT2D eigenvalue weighted by molar-refractivity contribution is 5.66. The number of rotatable bonds is 2. The van der Waals surface area contributed by atoms with E-state index < -0.39 is 0 Å². The molecule has 0 bridgehead atoms. The lowest BCUT2D eigenvalue weighted by Gasteiger charge is -2.29. The Morgan fingerprint density at radius 2 is 1.83 bits per heavy atom. The number of benzene rings is 1. The SMILES string of the molecule is CC1CCCCN(c2ccc3nc(-c4ccc5c(c4)OCCO5)cc(=O)n3c2)CC1. The summed E-state index contributed by atoms with van der Waals surface area (Å²) in [4.78, 5) is 20.1. The van der Waals surface area contributed by atoms with Crippen molar-refractivity contribution in [1.82, 2.24) is 9.38 Å². The Hall–Kier alpha value is -3.02. The predicted molar refractivity (Wildman–Crippen MR) is 118 cm³/mol. The molecule has 2 aliphatic rings. The largest absolute Gasteiger partial charge is 0.486 e. The molecule has 6 heteroatoms. The Kier molecular flexibility index (Phi) is 5.07. The fourth-order valence-electron chi connectivity index (χ4n) is 4.32. The van der Waals surface area contributed by atoms with Gasteiger partial charge in [0.25, 0.3) is 5.56 Å². The van der Waals surface area contributed by atoms with E-state index in [1.54, 1.807) is 10.5 Å². The lowest BCUT2D eigenvalue weighted by atomic mass is 9.98.